The van der Waals surface area contributed by atoms with Crippen LogP contribution in [0.25, 0.3) is 22.2 Å². The van der Waals surface area contributed by atoms with E-state index >= 15 is 0 Å². The fourth-order valence-corrected chi connectivity index (χ4v) is 6.01. The van der Waals surface area contributed by atoms with Gasteiger partial charge in [-0.1, -0.05) is 24.3 Å². The van der Waals surface area contributed by atoms with Gasteiger partial charge in [0.25, 0.3) is 0 Å². The van der Waals surface area contributed by atoms with Crippen molar-refractivity contribution in [1.82, 2.24) is 9.97 Å². The van der Waals surface area contributed by atoms with E-state index in [9.17, 15) is 9.59 Å². The summed E-state index contributed by atoms with van der Waals surface area (Å²) in [5.74, 6) is 0.900. The molecule has 0 N–H and O–H groups in total. The van der Waals surface area contributed by atoms with Crippen molar-refractivity contribution in [2.45, 2.75) is 25.7 Å². The number of carbonyl (C=O) groups excluding carboxylic acids is 2. The van der Waals surface area contributed by atoms with Crippen LogP contribution in [0.2, 0.25) is 0 Å². The summed E-state index contributed by atoms with van der Waals surface area (Å²) < 4.78 is 55.8. The first kappa shape index (κ1) is 38.2. The molecular formula is C42H42N2O12. The van der Waals surface area contributed by atoms with Crippen molar-refractivity contribution in [3.05, 3.63) is 97.1 Å². The first-order valence-electron chi connectivity index (χ1n) is 18.6. The third kappa shape index (κ3) is 11.0. The number of aromatic nitrogens is 2. The maximum absolute atomic E-state index is 12.9. The van der Waals surface area contributed by atoms with Crippen molar-refractivity contribution in [3.63, 3.8) is 0 Å². The minimum absolute atomic E-state index is 0.211. The quantitative estimate of drug-likeness (QED) is 0.0435. The van der Waals surface area contributed by atoms with Crippen LogP contribution in [0.1, 0.15) is 25.7 Å². The van der Waals surface area contributed by atoms with Gasteiger partial charge in [-0.05, 0) is 98.5 Å². The molecule has 0 unspecified atom stereocenters. The topological polar surface area (TPSA) is 160 Å². The van der Waals surface area contributed by atoms with Gasteiger partial charge < -0.3 is 46.7 Å². The van der Waals surface area contributed by atoms with Gasteiger partial charge in [0.1, 0.15) is 60.5 Å². The van der Waals surface area contributed by atoms with Crippen molar-refractivity contribution in [1.29, 1.82) is 0 Å². The van der Waals surface area contributed by atoms with Crippen molar-refractivity contribution in [2.75, 3.05) is 52.9 Å². The van der Waals surface area contributed by atoms with Gasteiger partial charge in [0, 0.05) is 0 Å². The number of esters is 2. The molecule has 0 spiro atoms. The molecule has 7 rings (SSSR count). The summed E-state index contributed by atoms with van der Waals surface area (Å²) >= 11 is 0. The zero-order valence-corrected chi connectivity index (χ0v) is 30.7. The van der Waals surface area contributed by atoms with E-state index in [0.29, 0.717) is 113 Å². The number of hydrogen-bond acceptors (Lipinski definition) is 14. The Labute approximate surface area is 322 Å². The highest BCUT2D eigenvalue weighted by Crippen LogP contribution is 2.32. The summed E-state index contributed by atoms with van der Waals surface area (Å²) in [6, 6.07) is 28.6. The third-order valence-electron chi connectivity index (χ3n) is 8.93. The normalized spacial score (nSPS) is 15.4. The first-order chi connectivity index (χ1) is 27.6. The molecule has 0 amide bonds. The van der Waals surface area contributed by atoms with Crippen LogP contribution < -0.4 is 28.4 Å². The third-order valence-corrected chi connectivity index (χ3v) is 8.93. The number of nitrogens with zero attached hydrogens (tertiary/aromatic N) is 2. The molecule has 0 atom stereocenters. The highest BCUT2D eigenvalue weighted by atomic mass is 16.6. The number of benzene rings is 4. The van der Waals surface area contributed by atoms with Gasteiger partial charge in [0.15, 0.2) is 11.2 Å². The second kappa shape index (κ2) is 19.5. The lowest BCUT2D eigenvalue weighted by Gasteiger charge is -2.25. The Hall–Kier alpha value is -6.12. The molecule has 2 heterocycles. The van der Waals surface area contributed by atoms with E-state index in [1.165, 1.54) is 0 Å². The molecule has 56 heavy (non-hydrogen) atoms. The van der Waals surface area contributed by atoms with Crippen LogP contribution >= 0.6 is 0 Å². The molecule has 0 radical (unpaired) electrons. The van der Waals surface area contributed by atoms with E-state index in [0.717, 1.165) is 11.0 Å². The molecule has 0 aliphatic heterocycles. The van der Waals surface area contributed by atoms with Crippen molar-refractivity contribution in [3.8, 4) is 35.2 Å². The summed E-state index contributed by atoms with van der Waals surface area (Å²) in [5, 5.41) is 0. The fourth-order valence-electron chi connectivity index (χ4n) is 6.01. The molecule has 2 aromatic heterocycles. The Morgan fingerprint density at radius 1 is 0.464 bits per heavy atom. The molecule has 4 aromatic carbocycles. The number of ether oxygens (including phenoxy) is 8. The summed E-state index contributed by atoms with van der Waals surface area (Å²) in [4.78, 5) is 34.2. The second-order valence-corrected chi connectivity index (χ2v) is 12.8. The molecule has 1 saturated carbocycles. The van der Waals surface area contributed by atoms with Crippen LogP contribution in [0, 0.1) is 11.8 Å². The van der Waals surface area contributed by atoms with Crippen LogP contribution in [0.3, 0.4) is 0 Å². The Morgan fingerprint density at radius 2 is 0.821 bits per heavy atom. The predicted molar refractivity (Wildman–Crippen MR) is 201 cm³/mol. The minimum Gasteiger partial charge on any atom is -0.491 e. The summed E-state index contributed by atoms with van der Waals surface area (Å²) in [7, 11) is 0. The van der Waals surface area contributed by atoms with Crippen LogP contribution in [-0.2, 0) is 19.1 Å². The predicted octanol–water partition coefficient (Wildman–Crippen LogP) is 7.24. The maximum atomic E-state index is 12.9. The highest BCUT2D eigenvalue weighted by molar-refractivity contribution is 5.78. The Morgan fingerprint density at radius 3 is 1.21 bits per heavy atom. The molecule has 1 aliphatic carbocycles. The number of carbonyl (C=O) groups is 2. The van der Waals surface area contributed by atoms with Crippen LogP contribution in [0.15, 0.2) is 106 Å². The molecular weight excluding hydrogens is 724 g/mol. The van der Waals surface area contributed by atoms with Crippen LogP contribution in [0.5, 0.6) is 35.2 Å². The van der Waals surface area contributed by atoms with E-state index in [-0.39, 0.29) is 35.9 Å². The van der Waals surface area contributed by atoms with Gasteiger partial charge in [-0.3, -0.25) is 9.59 Å². The van der Waals surface area contributed by atoms with E-state index in [1.54, 1.807) is 48.5 Å². The highest BCUT2D eigenvalue weighted by Gasteiger charge is 2.32. The molecule has 292 valence electrons. The Balaban J connectivity index is 0.714. The van der Waals surface area contributed by atoms with Gasteiger partial charge in [-0.25, -0.2) is 0 Å². The molecule has 6 aromatic rings. The number of oxazole rings is 2. The smallest absolute Gasteiger partial charge is 0.394 e. The minimum atomic E-state index is -0.312. The number of hydrogen-bond donors (Lipinski definition) is 0. The Kier molecular flexibility index (Phi) is 13.3. The zero-order chi connectivity index (χ0) is 38.4. The SMILES string of the molecule is O=C(Oc1ccc(OCCOCCOc2nc3ccccc3o2)cc1)C1CCC(C(=O)Oc2ccc(OCCOCCOc3nc4ccccc4o3)cc2)CC1. The lowest BCUT2D eigenvalue weighted by molar-refractivity contribution is -0.145. The molecule has 0 bridgehead atoms. The molecule has 0 saturated heterocycles. The number of rotatable bonds is 20. The standard InChI is InChI=1S/C42H42N2O12/c45-39(53-33-17-13-31(14-18-33)49-25-21-47-23-27-51-41-43-35-5-1-3-7-37(35)55-41)29-9-11-30(12-10-29)40(46)54-34-19-15-32(16-20-34)50-26-22-48-24-28-52-42-44-36-6-2-4-8-38(36)56-42/h1-8,13-20,29-30H,9-12,21-28H2. The van der Waals surface area contributed by atoms with E-state index in [4.69, 9.17) is 46.7 Å². The second-order valence-electron chi connectivity index (χ2n) is 12.8. The molecule has 14 nitrogen and oxygen atoms in total. The Bertz CT molecular complexity index is 1920. The van der Waals surface area contributed by atoms with Gasteiger partial charge in [0.05, 0.1) is 38.3 Å². The number of fused-ring (bicyclic) bond motifs is 2. The monoisotopic (exact) mass is 766 g/mol. The van der Waals surface area contributed by atoms with Gasteiger partial charge in [-0.2, -0.15) is 9.97 Å². The van der Waals surface area contributed by atoms with E-state index in [2.05, 4.69) is 9.97 Å². The molecule has 1 aliphatic rings. The maximum Gasteiger partial charge on any atom is 0.394 e. The number of para-hydroxylation sites is 4. The first-order valence-corrected chi connectivity index (χ1v) is 18.6. The van der Waals surface area contributed by atoms with Gasteiger partial charge in [0.2, 0.25) is 0 Å². The van der Waals surface area contributed by atoms with Crippen molar-refractivity contribution >= 4 is 34.1 Å². The van der Waals surface area contributed by atoms with E-state index < -0.39 is 0 Å². The lowest BCUT2D eigenvalue weighted by atomic mass is 9.82. The zero-order valence-electron chi connectivity index (χ0n) is 30.7. The largest absolute Gasteiger partial charge is 0.491 e. The summed E-state index contributed by atoms with van der Waals surface area (Å²) in [5.41, 5.74) is 2.82. The fraction of sp³-hybridized carbons (Fsp3) is 0.333. The molecule has 14 heteroatoms. The average Bonchev–Trinajstić information content (AvgIpc) is 3.85. The lowest BCUT2D eigenvalue weighted by Crippen LogP contribution is -2.30. The summed E-state index contributed by atoms with van der Waals surface area (Å²) in [6.07, 6.45) is 2.58. The van der Waals surface area contributed by atoms with Crippen LogP contribution in [0.4, 0.5) is 0 Å². The summed E-state index contributed by atoms with van der Waals surface area (Å²) in [6.45, 7) is 2.71. The van der Waals surface area contributed by atoms with Gasteiger partial charge >= 0.3 is 24.1 Å². The molecule has 1 fully saturated rings. The average molecular weight is 767 g/mol. The van der Waals surface area contributed by atoms with Gasteiger partial charge in [-0.15, -0.1) is 0 Å². The van der Waals surface area contributed by atoms with Crippen molar-refractivity contribution < 1.29 is 56.3 Å². The van der Waals surface area contributed by atoms with Crippen LogP contribution in [-0.4, -0.2) is 74.8 Å². The van der Waals surface area contributed by atoms with Crippen molar-refractivity contribution in [2.24, 2.45) is 11.8 Å². The van der Waals surface area contributed by atoms with E-state index in [1.807, 2.05) is 48.5 Å².